The average Bonchev–Trinajstić information content (AvgIpc) is 3.37. The van der Waals surface area contributed by atoms with Crippen molar-refractivity contribution in [2.75, 3.05) is 11.9 Å². The van der Waals surface area contributed by atoms with Gasteiger partial charge in [0, 0.05) is 18.0 Å². The maximum Gasteiger partial charge on any atom is 0.133 e. The van der Waals surface area contributed by atoms with Gasteiger partial charge in [0.2, 0.25) is 0 Å². The fraction of sp³-hybridized carbons (Fsp3) is 0.375. The summed E-state index contributed by atoms with van der Waals surface area (Å²) >= 11 is 0. The third-order valence-corrected chi connectivity index (χ3v) is 6.00. The van der Waals surface area contributed by atoms with Gasteiger partial charge >= 0.3 is 0 Å². The van der Waals surface area contributed by atoms with Gasteiger partial charge in [-0.25, -0.2) is 4.68 Å². The molecule has 1 aromatic heterocycles. The molecular formula is C24H27N3O. The molecule has 0 bridgehead atoms. The van der Waals surface area contributed by atoms with E-state index in [0.717, 1.165) is 24.4 Å². The van der Waals surface area contributed by atoms with E-state index >= 15 is 0 Å². The number of hydrogen-bond acceptors (Lipinski definition) is 3. The minimum Gasteiger partial charge on any atom is -0.489 e. The summed E-state index contributed by atoms with van der Waals surface area (Å²) in [4.78, 5) is 0. The zero-order valence-corrected chi connectivity index (χ0v) is 16.2. The number of rotatable bonds is 5. The summed E-state index contributed by atoms with van der Waals surface area (Å²) in [6.07, 6.45) is 7.73. The lowest BCUT2D eigenvalue weighted by atomic mass is 9.85. The molecule has 5 rings (SSSR count). The van der Waals surface area contributed by atoms with Crippen LogP contribution in [0.25, 0.3) is 5.69 Å². The second-order valence-corrected chi connectivity index (χ2v) is 7.90. The highest BCUT2D eigenvalue weighted by Crippen LogP contribution is 2.39. The predicted octanol–water partition coefficient (Wildman–Crippen LogP) is 5.47. The van der Waals surface area contributed by atoms with Gasteiger partial charge in [0.25, 0.3) is 0 Å². The van der Waals surface area contributed by atoms with Gasteiger partial charge in [-0.3, -0.25) is 0 Å². The number of benzene rings is 2. The van der Waals surface area contributed by atoms with E-state index in [-0.39, 0.29) is 0 Å². The van der Waals surface area contributed by atoms with Gasteiger partial charge in [0.15, 0.2) is 0 Å². The van der Waals surface area contributed by atoms with E-state index in [9.17, 15) is 0 Å². The highest BCUT2D eigenvalue weighted by atomic mass is 16.5. The Morgan fingerprint density at radius 3 is 2.54 bits per heavy atom. The average molecular weight is 374 g/mol. The molecule has 1 aliphatic heterocycles. The van der Waals surface area contributed by atoms with Crippen LogP contribution < -0.4 is 10.1 Å². The molecular weight excluding hydrogens is 346 g/mol. The highest BCUT2D eigenvalue weighted by molar-refractivity contribution is 5.58. The maximum absolute atomic E-state index is 5.93. The summed E-state index contributed by atoms with van der Waals surface area (Å²) in [5, 5.41) is 8.62. The molecule has 1 N–H and O–H groups in total. The monoisotopic (exact) mass is 373 g/mol. The van der Waals surface area contributed by atoms with Crippen molar-refractivity contribution in [1.29, 1.82) is 0 Å². The topological polar surface area (TPSA) is 39.1 Å². The van der Waals surface area contributed by atoms with Crippen LogP contribution in [0.15, 0.2) is 54.6 Å². The van der Waals surface area contributed by atoms with Crippen LogP contribution in [0, 0.1) is 0 Å². The van der Waals surface area contributed by atoms with E-state index in [1.54, 1.807) is 0 Å². The van der Waals surface area contributed by atoms with E-state index in [4.69, 9.17) is 9.84 Å². The van der Waals surface area contributed by atoms with Crippen LogP contribution >= 0.6 is 0 Å². The van der Waals surface area contributed by atoms with Crippen molar-refractivity contribution in [3.63, 3.8) is 0 Å². The summed E-state index contributed by atoms with van der Waals surface area (Å²) in [6, 6.07) is 18.6. The summed E-state index contributed by atoms with van der Waals surface area (Å²) in [7, 11) is 0. The number of fused-ring (bicyclic) bond motifs is 1. The number of aromatic nitrogens is 2. The zero-order chi connectivity index (χ0) is 18.8. The fourth-order valence-electron chi connectivity index (χ4n) is 4.52. The van der Waals surface area contributed by atoms with Gasteiger partial charge in [-0.05, 0) is 49.1 Å². The van der Waals surface area contributed by atoms with Gasteiger partial charge in [-0.15, -0.1) is 0 Å². The number of anilines is 1. The van der Waals surface area contributed by atoms with Crippen molar-refractivity contribution < 1.29 is 4.74 Å². The Bertz CT molecular complexity index is 924. The van der Waals surface area contributed by atoms with Crippen LogP contribution in [-0.2, 0) is 13.0 Å². The van der Waals surface area contributed by atoms with Crippen LogP contribution in [0.4, 0.5) is 5.82 Å². The van der Waals surface area contributed by atoms with Crippen LogP contribution in [-0.4, -0.2) is 16.3 Å². The molecule has 2 aromatic carbocycles. The molecule has 2 heterocycles. The van der Waals surface area contributed by atoms with Gasteiger partial charge < -0.3 is 10.1 Å². The third kappa shape index (κ3) is 3.39. The molecule has 144 valence electrons. The zero-order valence-electron chi connectivity index (χ0n) is 16.2. The first-order chi connectivity index (χ1) is 13.9. The molecule has 0 saturated heterocycles. The van der Waals surface area contributed by atoms with Gasteiger partial charge in [-0.2, -0.15) is 5.10 Å². The lowest BCUT2D eigenvalue weighted by Gasteiger charge is -2.20. The molecule has 0 spiro atoms. The van der Waals surface area contributed by atoms with Crippen molar-refractivity contribution in [3.8, 4) is 11.4 Å². The molecule has 0 atom stereocenters. The quantitative estimate of drug-likeness (QED) is 0.645. The fourth-order valence-corrected chi connectivity index (χ4v) is 4.52. The van der Waals surface area contributed by atoms with Crippen LogP contribution in [0.5, 0.6) is 5.75 Å². The Balaban J connectivity index is 1.36. The number of nitrogens with one attached hydrogen (secondary N) is 1. The van der Waals surface area contributed by atoms with E-state index < -0.39 is 0 Å². The molecule has 4 nitrogen and oxygen atoms in total. The Morgan fingerprint density at radius 1 is 0.964 bits per heavy atom. The molecule has 0 amide bonds. The molecule has 1 saturated carbocycles. The normalized spacial score (nSPS) is 16.6. The molecule has 0 radical (unpaired) electrons. The predicted molar refractivity (Wildman–Crippen MR) is 112 cm³/mol. The Labute approximate surface area is 166 Å². The van der Waals surface area contributed by atoms with Crippen LogP contribution in [0.2, 0.25) is 0 Å². The second kappa shape index (κ2) is 7.70. The summed E-state index contributed by atoms with van der Waals surface area (Å²) in [6.45, 7) is 1.61. The number of hydrogen-bond donors (Lipinski definition) is 1. The Hall–Kier alpha value is -2.75. The molecule has 2 aliphatic rings. The maximum atomic E-state index is 5.93. The van der Waals surface area contributed by atoms with Crippen molar-refractivity contribution in [2.24, 2.45) is 0 Å². The van der Waals surface area contributed by atoms with Crippen molar-refractivity contribution in [1.82, 2.24) is 9.78 Å². The highest BCUT2D eigenvalue weighted by Gasteiger charge is 2.28. The molecule has 3 aromatic rings. The molecule has 1 fully saturated rings. The van der Waals surface area contributed by atoms with E-state index in [2.05, 4.69) is 34.3 Å². The molecule has 1 aliphatic carbocycles. The molecule has 4 heteroatoms. The molecule has 0 unspecified atom stereocenters. The Morgan fingerprint density at radius 2 is 1.75 bits per heavy atom. The number of ether oxygens (including phenoxy) is 1. The second-order valence-electron chi connectivity index (χ2n) is 7.90. The van der Waals surface area contributed by atoms with E-state index in [1.807, 2.05) is 30.3 Å². The van der Waals surface area contributed by atoms with Crippen molar-refractivity contribution in [3.05, 3.63) is 71.4 Å². The first-order valence-corrected chi connectivity index (χ1v) is 10.5. The van der Waals surface area contributed by atoms with Gasteiger partial charge in [0.1, 0.15) is 18.2 Å². The van der Waals surface area contributed by atoms with E-state index in [1.165, 1.54) is 54.7 Å². The standard InChI is InChI=1S/C24H27N3O/c1-3-7-18(8-4-1)17-28-21-13-11-20(12-14-21)27-24-22(15-16-25-24)23(26-27)19-9-5-2-6-10-19/h1,3-4,7-8,11-14,19,25H,2,5-6,9-10,15-17H2. The summed E-state index contributed by atoms with van der Waals surface area (Å²) in [5.74, 6) is 2.72. The van der Waals surface area contributed by atoms with Crippen LogP contribution in [0.3, 0.4) is 0 Å². The lowest BCUT2D eigenvalue weighted by molar-refractivity contribution is 0.306. The van der Waals surface area contributed by atoms with E-state index in [0.29, 0.717) is 12.5 Å². The largest absolute Gasteiger partial charge is 0.489 e. The summed E-state index contributed by atoms with van der Waals surface area (Å²) < 4.78 is 8.04. The molecule has 28 heavy (non-hydrogen) atoms. The van der Waals surface area contributed by atoms with Crippen molar-refractivity contribution >= 4 is 5.82 Å². The first kappa shape index (κ1) is 17.4. The smallest absolute Gasteiger partial charge is 0.133 e. The van der Waals surface area contributed by atoms with Crippen LogP contribution in [0.1, 0.15) is 54.8 Å². The van der Waals surface area contributed by atoms with Gasteiger partial charge in [-0.1, -0.05) is 49.6 Å². The minimum absolute atomic E-state index is 0.588. The first-order valence-electron chi connectivity index (χ1n) is 10.5. The number of nitrogens with zero attached hydrogens (tertiary/aromatic N) is 2. The summed E-state index contributed by atoms with van der Waals surface area (Å²) in [5.41, 5.74) is 5.05. The third-order valence-electron chi connectivity index (χ3n) is 6.00. The van der Waals surface area contributed by atoms with Crippen molar-refractivity contribution in [2.45, 2.75) is 51.0 Å². The Kier molecular flexibility index (Phi) is 4.78. The SMILES string of the molecule is c1ccc(COc2ccc(-n3nc(C4CCCCC4)c4c3NCC4)cc2)cc1. The minimum atomic E-state index is 0.588. The lowest BCUT2D eigenvalue weighted by Crippen LogP contribution is -2.09. The van der Waals surface area contributed by atoms with Gasteiger partial charge in [0.05, 0.1) is 11.4 Å².